The molecule has 2 unspecified atom stereocenters. The lowest BCUT2D eigenvalue weighted by Crippen LogP contribution is -2.49. The molecular formula is C19H41NOSi. The Kier molecular flexibility index (Phi) is 11.5. The number of hydrogen-bond acceptors (Lipinski definition) is 2. The second-order valence-corrected chi connectivity index (χ2v) is 11.1. The van der Waals surface area contributed by atoms with Gasteiger partial charge in [-0.2, -0.15) is 0 Å². The molecule has 1 N–H and O–H groups in total. The third-order valence-corrected chi connectivity index (χ3v) is 9.67. The SMILES string of the molecule is CCCCCCCCCCCCCC[SiH]1CCNC1(C)OC. The first-order valence-electron chi connectivity index (χ1n) is 10.0. The Bertz CT molecular complexity index is 262. The zero-order chi connectivity index (χ0) is 16.1. The first kappa shape index (κ1) is 20.2. The van der Waals surface area contributed by atoms with Crippen LogP contribution >= 0.6 is 0 Å². The second kappa shape index (κ2) is 12.5. The third kappa shape index (κ3) is 8.12. The maximum atomic E-state index is 5.72. The maximum absolute atomic E-state index is 5.72. The topological polar surface area (TPSA) is 21.3 Å². The van der Waals surface area contributed by atoms with Gasteiger partial charge in [0.15, 0.2) is 0 Å². The Balaban J connectivity index is 1.84. The van der Waals surface area contributed by atoms with E-state index in [4.69, 9.17) is 4.74 Å². The van der Waals surface area contributed by atoms with Crippen LogP contribution < -0.4 is 5.32 Å². The molecule has 0 amide bonds. The molecule has 0 bridgehead atoms. The molecular weight excluding hydrogens is 286 g/mol. The molecule has 22 heavy (non-hydrogen) atoms. The van der Waals surface area contributed by atoms with Crippen LogP contribution in [0.25, 0.3) is 0 Å². The van der Waals surface area contributed by atoms with Crippen molar-refractivity contribution in [2.45, 2.75) is 108 Å². The lowest BCUT2D eigenvalue weighted by atomic mass is 10.1. The van der Waals surface area contributed by atoms with Crippen molar-refractivity contribution in [3.05, 3.63) is 0 Å². The molecule has 2 nitrogen and oxygen atoms in total. The molecule has 1 aliphatic heterocycles. The summed E-state index contributed by atoms with van der Waals surface area (Å²) >= 11 is 0. The van der Waals surface area contributed by atoms with Crippen LogP contribution in [-0.4, -0.2) is 27.8 Å². The van der Waals surface area contributed by atoms with Gasteiger partial charge in [0.2, 0.25) is 0 Å². The van der Waals surface area contributed by atoms with Gasteiger partial charge in [0.25, 0.3) is 0 Å². The van der Waals surface area contributed by atoms with E-state index in [9.17, 15) is 0 Å². The number of unbranched alkanes of at least 4 members (excludes halogenated alkanes) is 11. The van der Waals surface area contributed by atoms with Gasteiger partial charge in [-0.25, -0.2) is 0 Å². The van der Waals surface area contributed by atoms with E-state index in [0.29, 0.717) is 0 Å². The fourth-order valence-corrected chi connectivity index (χ4v) is 7.24. The Labute approximate surface area is 141 Å². The normalized spacial score (nSPS) is 25.0. The van der Waals surface area contributed by atoms with Gasteiger partial charge >= 0.3 is 0 Å². The first-order valence-corrected chi connectivity index (χ1v) is 12.2. The summed E-state index contributed by atoms with van der Waals surface area (Å²) in [5.41, 5.74) is 0. The second-order valence-electron chi connectivity index (χ2n) is 7.40. The van der Waals surface area contributed by atoms with Gasteiger partial charge in [-0.3, -0.25) is 5.32 Å². The van der Waals surface area contributed by atoms with Gasteiger partial charge in [0.1, 0.15) is 0 Å². The zero-order valence-corrected chi connectivity index (χ0v) is 16.7. The van der Waals surface area contributed by atoms with E-state index < -0.39 is 8.80 Å². The Morgan fingerprint density at radius 2 is 1.36 bits per heavy atom. The predicted molar refractivity (Wildman–Crippen MR) is 101 cm³/mol. The van der Waals surface area contributed by atoms with Gasteiger partial charge in [-0.05, 0) is 19.5 Å². The van der Waals surface area contributed by atoms with Crippen LogP contribution in [0.4, 0.5) is 0 Å². The standard InChI is InChI=1S/C19H41NOSi/c1-4-5-6-7-8-9-10-11-12-13-14-15-17-22-18-16-20-19(22,2)21-3/h20,22H,4-18H2,1-3H3. The molecule has 1 fully saturated rings. The molecule has 1 aliphatic rings. The monoisotopic (exact) mass is 327 g/mol. The van der Waals surface area contributed by atoms with Crippen LogP contribution in [0.3, 0.4) is 0 Å². The molecule has 3 heteroatoms. The highest BCUT2D eigenvalue weighted by Crippen LogP contribution is 2.25. The summed E-state index contributed by atoms with van der Waals surface area (Å²) in [6.07, 6.45) is 17.4. The minimum atomic E-state index is -0.729. The molecule has 1 rings (SSSR count). The maximum Gasteiger partial charge on any atom is 0.0985 e. The summed E-state index contributed by atoms with van der Waals surface area (Å²) in [6.45, 7) is 5.75. The number of nitrogens with one attached hydrogen (secondary N) is 1. The number of hydrogen-bond donors (Lipinski definition) is 1. The van der Waals surface area contributed by atoms with Crippen molar-refractivity contribution in [2.24, 2.45) is 0 Å². The van der Waals surface area contributed by atoms with Crippen molar-refractivity contribution >= 4 is 8.80 Å². The van der Waals surface area contributed by atoms with Crippen molar-refractivity contribution in [2.75, 3.05) is 13.7 Å². The smallest absolute Gasteiger partial charge is 0.0985 e. The highest BCUT2D eigenvalue weighted by atomic mass is 28.3. The first-order chi connectivity index (χ1) is 10.7. The van der Waals surface area contributed by atoms with Gasteiger partial charge in [0, 0.05) is 7.11 Å². The summed E-state index contributed by atoms with van der Waals surface area (Å²) in [6, 6.07) is 2.89. The molecule has 2 atom stereocenters. The van der Waals surface area contributed by atoms with Crippen LogP contribution in [0, 0.1) is 0 Å². The van der Waals surface area contributed by atoms with Gasteiger partial charge in [-0.15, -0.1) is 0 Å². The third-order valence-electron chi connectivity index (χ3n) is 5.58. The van der Waals surface area contributed by atoms with Gasteiger partial charge in [-0.1, -0.05) is 90.0 Å². The molecule has 132 valence electrons. The predicted octanol–water partition coefficient (Wildman–Crippen LogP) is 5.42. The van der Waals surface area contributed by atoms with Crippen molar-refractivity contribution in [1.82, 2.24) is 5.32 Å². The Hall–Kier alpha value is 0.137. The molecule has 0 aromatic carbocycles. The van der Waals surface area contributed by atoms with E-state index in [1.54, 1.807) is 0 Å². The summed E-state index contributed by atoms with van der Waals surface area (Å²) < 4.78 is 5.72. The summed E-state index contributed by atoms with van der Waals surface area (Å²) in [5, 5.41) is 3.65. The summed E-state index contributed by atoms with van der Waals surface area (Å²) in [4.78, 5) is 0. The van der Waals surface area contributed by atoms with Gasteiger partial charge in [0.05, 0.1) is 14.1 Å². The number of rotatable bonds is 14. The quantitative estimate of drug-likeness (QED) is 0.340. The number of ether oxygens (including phenoxy) is 1. The number of methoxy groups -OCH3 is 1. The van der Waals surface area contributed by atoms with Crippen molar-refractivity contribution < 1.29 is 4.74 Å². The molecule has 1 saturated heterocycles. The summed E-state index contributed by atoms with van der Waals surface area (Å²) in [5.74, 6) is 0. The van der Waals surface area contributed by atoms with Crippen LogP contribution in [0.15, 0.2) is 0 Å². The lowest BCUT2D eigenvalue weighted by Gasteiger charge is -2.29. The molecule has 0 aromatic rings. The fourth-order valence-electron chi connectivity index (χ4n) is 3.80. The van der Waals surface area contributed by atoms with E-state index in [2.05, 4.69) is 19.2 Å². The van der Waals surface area contributed by atoms with E-state index in [0.717, 1.165) is 0 Å². The average molecular weight is 328 g/mol. The van der Waals surface area contributed by atoms with Crippen molar-refractivity contribution in [3.63, 3.8) is 0 Å². The van der Waals surface area contributed by atoms with Crippen molar-refractivity contribution in [1.29, 1.82) is 0 Å². The minimum Gasteiger partial charge on any atom is -0.368 e. The van der Waals surface area contributed by atoms with Crippen LogP contribution in [-0.2, 0) is 4.74 Å². The zero-order valence-electron chi connectivity index (χ0n) is 15.6. The molecule has 0 aliphatic carbocycles. The van der Waals surface area contributed by atoms with Gasteiger partial charge < -0.3 is 4.74 Å². The van der Waals surface area contributed by atoms with Crippen LogP contribution in [0.5, 0.6) is 0 Å². The molecule has 1 heterocycles. The highest BCUT2D eigenvalue weighted by Gasteiger charge is 2.38. The average Bonchev–Trinajstić information content (AvgIpc) is 2.90. The largest absolute Gasteiger partial charge is 0.368 e. The van der Waals surface area contributed by atoms with E-state index in [1.807, 2.05) is 7.11 Å². The molecule has 0 saturated carbocycles. The lowest BCUT2D eigenvalue weighted by molar-refractivity contribution is 0.0528. The highest BCUT2D eigenvalue weighted by molar-refractivity contribution is 6.62. The molecule has 0 radical (unpaired) electrons. The summed E-state index contributed by atoms with van der Waals surface area (Å²) in [7, 11) is 1.15. The van der Waals surface area contributed by atoms with E-state index in [1.165, 1.54) is 95.7 Å². The van der Waals surface area contributed by atoms with E-state index in [-0.39, 0.29) is 5.35 Å². The fraction of sp³-hybridized carbons (Fsp3) is 1.00. The Morgan fingerprint density at radius 1 is 0.864 bits per heavy atom. The minimum absolute atomic E-state index is 0.0811. The molecule has 0 aromatic heterocycles. The van der Waals surface area contributed by atoms with Crippen LogP contribution in [0.2, 0.25) is 12.1 Å². The van der Waals surface area contributed by atoms with Crippen LogP contribution in [0.1, 0.15) is 90.9 Å². The Morgan fingerprint density at radius 3 is 1.86 bits per heavy atom. The molecule has 0 spiro atoms. The van der Waals surface area contributed by atoms with Crippen molar-refractivity contribution in [3.8, 4) is 0 Å². The van der Waals surface area contributed by atoms with E-state index >= 15 is 0 Å².